The minimum absolute atomic E-state index is 0.0150. The second-order valence-corrected chi connectivity index (χ2v) is 9.23. The van der Waals surface area contributed by atoms with Gasteiger partial charge in [-0.2, -0.15) is 0 Å². The minimum Gasteiger partial charge on any atom is -0.337 e. The highest BCUT2D eigenvalue weighted by Crippen LogP contribution is 2.44. The summed E-state index contributed by atoms with van der Waals surface area (Å²) in [6.45, 7) is 3.28. The number of hydrogen-bond donors (Lipinski definition) is 1. The van der Waals surface area contributed by atoms with E-state index >= 15 is 0 Å². The van der Waals surface area contributed by atoms with Crippen LogP contribution in [0, 0.1) is 6.92 Å². The van der Waals surface area contributed by atoms with Crippen molar-refractivity contribution in [2.45, 2.75) is 63.7 Å². The lowest BCUT2D eigenvalue weighted by molar-refractivity contribution is 0.0663. The Kier molecular flexibility index (Phi) is 3.96. The Morgan fingerprint density at radius 3 is 2.67 bits per heavy atom. The van der Waals surface area contributed by atoms with Gasteiger partial charge in [0, 0.05) is 28.9 Å². The SMILES string of the molecule is Cc1nc2c(c(=O)[nH]1)CCC21CCN(C(=O)c2nc3c(s2)CCCC3)CC1. The van der Waals surface area contributed by atoms with Crippen LogP contribution >= 0.6 is 11.3 Å². The van der Waals surface area contributed by atoms with Gasteiger partial charge >= 0.3 is 0 Å². The average Bonchev–Trinajstić information content (AvgIpc) is 3.25. The number of thiazole rings is 1. The van der Waals surface area contributed by atoms with Crippen molar-refractivity contribution in [2.24, 2.45) is 0 Å². The highest BCUT2D eigenvalue weighted by molar-refractivity contribution is 7.13. The van der Waals surface area contributed by atoms with E-state index in [1.54, 1.807) is 11.3 Å². The van der Waals surface area contributed by atoms with E-state index in [4.69, 9.17) is 4.98 Å². The molecule has 0 radical (unpaired) electrons. The number of carbonyl (C=O) groups excluding carboxylic acids is 1. The molecule has 7 heteroatoms. The van der Waals surface area contributed by atoms with Crippen LogP contribution in [0.15, 0.2) is 4.79 Å². The zero-order valence-corrected chi connectivity index (χ0v) is 16.5. The minimum atomic E-state index is -0.0345. The molecule has 5 rings (SSSR count). The van der Waals surface area contributed by atoms with Gasteiger partial charge in [-0.1, -0.05) is 0 Å². The normalized spacial score (nSPS) is 20.6. The van der Waals surface area contributed by atoms with Crippen LogP contribution in [0.25, 0.3) is 0 Å². The second kappa shape index (κ2) is 6.26. The zero-order chi connectivity index (χ0) is 18.6. The molecular formula is C20H24N4O2S. The zero-order valence-electron chi connectivity index (χ0n) is 15.6. The number of H-pyrrole nitrogens is 1. The van der Waals surface area contributed by atoms with Gasteiger partial charge in [0.15, 0.2) is 5.01 Å². The smallest absolute Gasteiger partial charge is 0.282 e. The predicted octanol–water partition coefficient (Wildman–Crippen LogP) is 2.53. The van der Waals surface area contributed by atoms with E-state index in [0.29, 0.717) is 10.8 Å². The molecule has 1 aliphatic heterocycles. The van der Waals surface area contributed by atoms with Gasteiger partial charge in [-0.15, -0.1) is 11.3 Å². The maximum absolute atomic E-state index is 13.0. The Balaban J connectivity index is 1.35. The van der Waals surface area contributed by atoms with Crippen molar-refractivity contribution in [1.82, 2.24) is 19.9 Å². The highest BCUT2D eigenvalue weighted by Gasteiger charge is 2.44. The molecule has 6 nitrogen and oxygen atoms in total. The fourth-order valence-electron chi connectivity index (χ4n) is 4.97. The number of carbonyl (C=O) groups is 1. The molecule has 142 valence electrons. The summed E-state index contributed by atoms with van der Waals surface area (Å²) >= 11 is 1.59. The Labute approximate surface area is 162 Å². The van der Waals surface area contributed by atoms with Gasteiger partial charge in [0.25, 0.3) is 11.5 Å². The number of nitrogens with one attached hydrogen (secondary N) is 1. The van der Waals surface area contributed by atoms with E-state index in [-0.39, 0.29) is 16.9 Å². The standard InChI is InChI=1S/C20H24N4O2S/c1-12-21-16-13(17(25)22-12)6-7-20(16)8-10-24(11-9-20)19(26)18-23-14-4-2-3-5-15(14)27-18/h2-11H2,1H3,(H,21,22,25). The van der Waals surface area contributed by atoms with Crippen molar-refractivity contribution in [2.75, 3.05) is 13.1 Å². The number of aryl methyl sites for hydroxylation is 3. The molecule has 2 aromatic rings. The third-order valence-electron chi connectivity index (χ3n) is 6.53. The summed E-state index contributed by atoms with van der Waals surface area (Å²) in [6.07, 6.45) is 8.00. The van der Waals surface area contributed by atoms with Crippen molar-refractivity contribution in [3.63, 3.8) is 0 Å². The number of hydrogen-bond acceptors (Lipinski definition) is 5. The lowest BCUT2D eigenvalue weighted by Gasteiger charge is -2.39. The molecule has 3 aliphatic rings. The van der Waals surface area contributed by atoms with E-state index in [9.17, 15) is 9.59 Å². The first-order valence-corrected chi connectivity index (χ1v) is 10.8. The van der Waals surface area contributed by atoms with Crippen LogP contribution in [0.2, 0.25) is 0 Å². The number of piperidine rings is 1. The highest BCUT2D eigenvalue weighted by atomic mass is 32.1. The Bertz CT molecular complexity index is 945. The molecule has 0 aromatic carbocycles. The van der Waals surface area contributed by atoms with Crippen molar-refractivity contribution >= 4 is 17.2 Å². The molecule has 3 heterocycles. The third kappa shape index (κ3) is 2.74. The van der Waals surface area contributed by atoms with Crippen LogP contribution < -0.4 is 5.56 Å². The number of aromatic amines is 1. The van der Waals surface area contributed by atoms with Gasteiger partial charge in [-0.25, -0.2) is 9.97 Å². The summed E-state index contributed by atoms with van der Waals surface area (Å²) < 4.78 is 0. The number of aromatic nitrogens is 3. The Morgan fingerprint density at radius 2 is 1.89 bits per heavy atom. The average molecular weight is 385 g/mol. The van der Waals surface area contributed by atoms with E-state index < -0.39 is 0 Å². The molecule has 1 saturated heterocycles. The van der Waals surface area contributed by atoms with Crippen LogP contribution in [0.5, 0.6) is 0 Å². The molecule has 1 fully saturated rings. The topological polar surface area (TPSA) is 79.0 Å². The molecule has 0 atom stereocenters. The van der Waals surface area contributed by atoms with Crippen molar-refractivity contribution in [1.29, 1.82) is 0 Å². The molecule has 1 N–H and O–H groups in total. The predicted molar refractivity (Wildman–Crippen MR) is 103 cm³/mol. The lowest BCUT2D eigenvalue weighted by Crippen LogP contribution is -2.45. The van der Waals surface area contributed by atoms with Crippen LogP contribution in [-0.2, 0) is 24.7 Å². The molecule has 27 heavy (non-hydrogen) atoms. The first kappa shape index (κ1) is 17.1. The summed E-state index contributed by atoms with van der Waals surface area (Å²) in [7, 11) is 0. The van der Waals surface area contributed by atoms with E-state index in [0.717, 1.165) is 68.6 Å². The molecular weight excluding hydrogens is 360 g/mol. The quantitative estimate of drug-likeness (QED) is 0.819. The van der Waals surface area contributed by atoms with Crippen LogP contribution in [0.3, 0.4) is 0 Å². The molecule has 0 unspecified atom stereocenters. The summed E-state index contributed by atoms with van der Waals surface area (Å²) in [5.74, 6) is 0.768. The van der Waals surface area contributed by atoms with E-state index in [2.05, 4.69) is 9.97 Å². The fraction of sp³-hybridized carbons (Fsp3) is 0.600. The van der Waals surface area contributed by atoms with Gasteiger partial charge < -0.3 is 9.88 Å². The summed E-state index contributed by atoms with van der Waals surface area (Å²) in [6, 6.07) is 0. The molecule has 1 amide bonds. The van der Waals surface area contributed by atoms with E-state index in [1.165, 1.54) is 17.7 Å². The number of amides is 1. The van der Waals surface area contributed by atoms with Gasteiger partial charge in [0.1, 0.15) is 5.82 Å². The molecule has 2 aromatic heterocycles. The number of nitrogens with zero attached hydrogens (tertiary/aromatic N) is 3. The largest absolute Gasteiger partial charge is 0.337 e. The van der Waals surface area contributed by atoms with Crippen molar-refractivity contribution in [3.05, 3.63) is 43.0 Å². The Morgan fingerprint density at radius 1 is 1.11 bits per heavy atom. The summed E-state index contributed by atoms with van der Waals surface area (Å²) in [5.41, 5.74) is 2.97. The van der Waals surface area contributed by atoms with Crippen LogP contribution in [0.4, 0.5) is 0 Å². The molecule has 2 aliphatic carbocycles. The van der Waals surface area contributed by atoms with Gasteiger partial charge in [-0.05, 0) is 58.3 Å². The summed E-state index contributed by atoms with van der Waals surface area (Å²) in [4.78, 5) is 40.6. The number of likely N-dealkylation sites (tertiary alicyclic amines) is 1. The monoisotopic (exact) mass is 384 g/mol. The lowest BCUT2D eigenvalue weighted by atomic mass is 9.76. The van der Waals surface area contributed by atoms with E-state index in [1.807, 2.05) is 11.8 Å². The van der Waals surface area contributed by atoms with Gasteiger partial charge in [0.05, 0.1) is 11.4 Å². The number of rotatable bonds is 1. The van der Waals surface area contributed by atoms with Gasteiger partial charge in [0.2, 0.25) is 0 Å². The van der Waals surface area contributed by atoms with Crippen molar-refractivity contribution < 1.29 is 4.79 Å². The molecule has 0 saturated carbocycles. The summed E-state index contributed by atoms with van der Waals surface area (Å²) in [5, 5.41) is 0.662. The van der Waals surface area contributed by atoms with Gasteiger partial charge in [-0.3, -0.25) is 9.59 Å². The maximum Gasteiger partial charge on any atom is 0.282 e. The third-order valence-corrected chi connectivity index (χ3v) is 7.67. The maximum atomic E-state index is 13.0. The van der Waals surface area contributed by atoms with Crippen LogP contribution in [-0.4, -0.2) is 38.8 Å². The molecule has 0 bridgehead atoms. The van der Waals surface area contributed by atoms with Crippen LogP contribution in [0.1, 0.15) is 69.6 Å². The molecule has 1 spiro atoms. The Hall–Kier alpha value is -2.02. The fourth-order valence-corrected chi connectivity index (χ4v) is 6.08. The van der Waals surface area contributed by atoms with Crippen molar-refractivity contribution in [3.8, 4) is 0 Å². The first-order valence-electron chi connectivity index (χ1n) is 9.94. The second-order valence-electron chi connectivity index (χ2n) is 8.15. The first-order chi connectivity index (χ1) is 13.1. The number of fused-ring (bicyclic) bond motifs is 3.